The van der Waals surface area contributed by atoms with Crippen LogP contribution in [0, 0.1) is 6.92 Å². The first kappa shape index (κ1) is 19.2. The topological polar surface area (TPSA) is 113 Å². The number of piperidine rings is 1. The Bertz CT molecular complexity index is 768. The Balaban J connectivity index is 0.000000342. The van der Waals surface area contributed by atoms with E-state index < -0.39 is 18.1 Å². The molecule has 2 heterocycles. The van der Waals surface area contributed by atoms with Crippen LogP contribution in [-0.4, -0.2) is 39.1 Å². The van der Waals surface area contributed by atoms with Crippen molar-refractivity contribution < 1.29 is 14.7 Å². The number of amides is 1. The van der Waals surface area contributed by atoms with Gasteiger partial charge in [-0.2, -0.15) is 0 Å². The molecular formula is C18H22N4O4. The molecule has 1 saturated heterocycles. The van der Waals surface area contributed by atoms with E-state index in [9.17, 15) is 14.4 Å². The highest BCUT2D eigenvalue weighted by molar-refractivity contribution is 5.77. The average Bonchev–Trinajstić information content (AvgIpc) is 2.64. The van der Waals surface area contributed by atoms with E-state index in [1.165, 1.54) is 6.20 Å². The standard InChI is InChI=1S/C12H16N4O4.C6H6/c1-7-4-14-11(12(20)16(7)6-10(18)19)15-8-2-3-9(17)13-5-8;1-2-4-6-5-3-1/h4,8H,2-3,5-6H2,1H3,(H,13,17)(H,14,15)(H,18,19);1-6H/t8-;/m1./s1. The number of carboxylic acid groups (broad SMARTS) is 1. The second kappa shape index (κ2) is 9.36. The van der Waals surface area contributed by atoms with E-state index in [0.717, 1.165) is 4.57 Å². The van der Waals surface area contributed by atoms with Crippen LogP contribution in [0.25, 0.3) is 0 Å². The van der Waals surface area contributed by atoms with Crippen LogP contribution in [0.15, 0.2) is 47.4 Å². The first-order valence-electron chi connectivity index (χ1n) is 8.29. The minimum absolute atomic E-state index is 0.0109. The second-order valence-corrected chi connectivity index (χ2v) is 5.87. The summed E-state index contributed by atoms with van der Waals surface area (Å²) in [5.41, 5.74) is 0.0178. The molecule has 1 aliphatic heterocycles. The molecule has 0 unspecified atom stereocenters. The number of carbonyl (C=O) groups excluding carboxylic acids is 1. The predicted molar refractivity (Wildman–Crippen MR) is 97.0 cm³/mol. The van der Waals surface area contributed by atoms with E-state index in [4.69, 9.17) is 5.11 Å². The number of aliphatic carboxylic acids is 1. The molecule has 1 aliphatic rings. The Kier molecular flexibility index (Phi) is 6.90. The number of rotatable bonds is 4. The zero-order valence-electron chi connectivity index (χ0n) is 14.5. The number of nitrogens with zero attached hydrogens (tertiary/aromatic N) is 2. The molecule has 2 aromatic rings. The van der Waals surface area contributed by atoms with Crippen molar-refractivity contribution in [3.05, 3.63) is 58.6 Å². The molecular weight excluding hydrogens is 336 g/mol. The maximum absolute atomic E-state index is 12.2. The van der Waals surface area contributed by atoms with Crippen molar-refractivity contribution in [1.29, 1.82) is 0 Å². The molecule has 26 heavy (non-hydrogen) atoms. The zero-order chi connectivity index (χ0) is 18.9. The van der Waals surface area contributed by atoms with E-state index in [0.29, 0.717) is 25.1 Å². The molecule has 1 aromatic carbocycles. The van der Waals surface area contributed by atoms with Crippen LogP contribution in [0.5, 0.6) is 0 Å². The van der Waals surface area contributed by atoms with Crippen molar-refractivity contribution >= 4 is 17.7 Å². The molecule has 3 rings (SSSR count). The van der Waals surface area contributed by atoms with Gasteiger partial charge in [0, 0.05) is 30.9 Å². The van der Waals surface area contributed by atoms with Gasteiger partial charge in [-0.1, -0.05) is 36.4 Å². The Labute approximate surface area is 150 Å². The number of nitrogens with one attached hydrogen (secondary N) is 2. The fourth-order valence-electron chi connectivity index (χ4n) is 2.44. The van der Waals surface area contributed by atoms with Crippen LogP contribution in [0.1, 0.15) is 18.5 Å². The maximum Gasteiger partial charge on any atom is 0.323 e. The highest BCUT2D eigenvalue weighted by Gasteiger charge is 2.20. The number of carbonyl (C=O) groups is 2. The van der Waals surface area contributed by atoms with Gasteiger partial charge in [0.2, 0.25) is 5.91 Å². The fourth-order valence-corrected chi connectivity index (χ4v) is 2.44. The lowest BCUT2D eigenvalue weighted by molar-refractivity contribution is -0.137. The summed E-state index contributed by atoms with van der Waals surface area (Å²) in [4.78, 5) is 38.0. The quantitative estimate of drug-likeness (QED) is 0.752. The third-order valence-corrected chi connectivity index (χ3v) is 3.82. The Morgan fingerprint density at radius 1 is 1.27 bits per heavy atom. The van der Waals surface area contributed by atoms with E-state index in [1.807, 2.05) is 36.4 Å². The van der Waals surface area contributed by atoms with Crippen molar-refractivity contribution in [3.63, 3.8) is 0 Å². The Morgan fingerprint density at radius 2 is 1.88 bits per heavy atom. The van der Waals surface area contributed by atoms with Crippen LogP contribution in [-0.2, 0) is 16.1 Å². The summed E-state index contributed by atoms with van der Waals surface area (Å²) in [5, 5.41) is 14.5. The van der Waals surface area contributed by atoms with Crippen LogP contribution < -0.4 is 16.2 Å². The SMILES string of the molecule is Cc1cnc(N[C@@H]2CCC(=O)NC2)c(=O)n1CC(=O)O.c1ccccc1. The minimum atomic E-state index is -1.09. The molecule has 8 nitrogen and oxygen atoms in total. The number of carboxylic acids is 1. The van der Waals surface area contributed by atoms with Crippen molar-refractivity contribution in [2.24, 2.45) is 0 Å². The van der Waals surface area contributed by atoms with Gasteiger partial charge in [-0.3, -0.25) is 19.0 Å². The normalized spacial score (nSPS) is 16.0. The second-order valence-electron chi connectivity index (χ2n) is 5.87. The summed E-state index contributed by atoms with van der Waals surface area (Å²) >= 11 is 0. The monoisotopic (exact) mass is 358 g/mol. The molecule has 8 heteroatoms. The summed E-state index contributed by atoms with van der Waals surface area (Å²) in [5.74, 6) is -0.988. The third kappa shape index (κ3) is 5.73. The molecule has 0 aliphatic carbocycles. The number of hydrogen-bond donors (Lipinski definition) is 3. The lowest BCUT2D eigenvalue weighted by atomic mass is 10.1. The van der Waals surface area contributed by atoms with Gasteiger partial charge in [0.15, 0.2) is 5.82 Å². The molecule has 1 amide bonds. The maximum atomic E-state index is 12.2. The molecule has 1 atom stereocenters. The van der Waals surface area contributed by atoms with Crippen LogP contribution in [0.3, 0.4) is 0 Å². The van der Waals surface area contributed by atoms with E-state index >= 15 is 0 Å². The molecule has 3 N–H and O–H groups in total. The van der Waals surface area contributed by atoms with E-state index in [-0.39, 0.29) is 17.8 Å². The van der Waals surface area contributed by atoms with Gasteiger partial charge in [0.05, 0.1) is 0 Å². The van der Waals surface area contributed by atoms with Crippen LogP contribution in [0.4, 0.5) is 5.82 Å². The van der Waals surface area contributed by atoms with Crippen molar-refractivity contribution in [2.75, 3.05) is 11.9 Å². The third-order valence-electron chi connectivity index (χ3n) is 3.82. The van der Waals surface area contributed by atoms with E-state index in [1.54, 1.807) is 6.92 Å². The Morgan fingerprint density at radius 3 is 2.38 bits per heavy atom. The van der Waals surface area contributed by atoms with Gasteiger partial charge >= 0.3 is 5.97 Å². The molecule has 0 spiro atoms. The fraction of sp³-hybridized carbons (Fsp3) is 0.333. The molecule has 138 valence electrons. The largest absolute Gasteiger partial charge is 0.480 e. The first-order valence-corrected chi connectivity index (χ1v) is 8.29. The number of aromatic nitrogens is 2. The highest BCUT2D eigenvalue weighted by Crippen LogP contribution is 2.08. The van der Waals surface area contributed by atoms with Gasteiger partial charge in [0.1, 0.15) is 6.54 Å². The minimum Gasteiger partial charge on any atom is -0.480 e. The summed E-state index contributed by atoms with van der Waals surface area (Å²) in [6, 6.07) is 11.9. The highest BCUT2D eigenvalue weighted by atomic mass is 16.4. The molecule has 1 fully saturated rings. The summed E-state index contributed by atoms with van der Waals surface area (Å²) < 4.78 is 1.15. The number of aryl methyl sites for hydroxylation is 1. The number of benzene rings is 1. The molecule has 1 aromatic heterocycles. The van der Waals surface area contributed by atoms with Gasteiger partial charge in [0.25, 0.3) is 5.56 Å². The van der Waals surface area contributed by atoms with E-state index in [2.05, 4.69) is 15.6 Å². The lowest BCUT2D eigenvalue weighted by Gasteiger charge is -2.23. The Hall–Kier alpha value is -3.16. The van der Waals surface area contributed by atoms with Crippen molar-refractivity contribution in [1.82, 2.24) is 14.9 Å². The van der Waals surface area contributed by atoms with Crippen LogP contribution in [0.2, 0.25) is 0 Å². The van der Waals surface area contributed by atoms with Gasteiger partial charge in [-0.25, -0.2) is 4.98 Å². The lowest BCUT2D eigenvalue weighted by Crippen LogP contribution is -2.43. The number of anilines is 1. The predicted octanol–water partition coefficient (Wildman–Crippen LogP) is 1.01. The zero-order valence-corrected chi connectivity index (χ0v) is 14.5. The smallest absolute Gasteiger partial charge is 0.323 e. The van der Waals surface area contributed by atoms with Gasteiger partial charge < -0.3 is 15.7 Å². The summed E-state index contributed by atoms with van der Waals surface area (Å²) in [7, 11) is 0. The molecule has 0 bridgehead atoms. The van der Waals surface area contributed by atoms with Crippen molar-refractivity contribution in [3.8, 4) is 0 Å². The van der Waals surface area contributed by atoms with Crippen LogP contribution >= 0.6 is 0 Å². The summed E-state index contributed by atoms with van der Waals surface area (Å²) in [6.07, 6.45) is 2.46. The average molecular weight is 358 g/mol. The number of hydrogen-bond acceptors (Lipinski definition) is 5. The van der Waals surface area contributed by atoms with Gasteiger partial charge in [-0.05, 0) is 13.3 Å². The molecule has 0 radical (unpaired) electrons. The summed E-state index contributed by atoms with van der Waals surface area (Å²) in [6.45, 7) is 1.65. The van der Waals surface area contributed by atoms with Gasteiger partial charge in [-0.15, -0.1) is 0 Å². The molecule has 0 saturated carbocycles. The van der Waals surface area contributed by atoms with Crippen molar-refractivity contribution in [2.45, 2.75) is 32.4 Å². The first-order chi connectivity index (χ1) is 12.5.